The van der Waals surface area contributed by atoms with Gasteiger partial charge in [-0.15, -0.1) is 11.6 Å². The predicted octanol–water partition coefficient (Wildman–Crippen LogP) is 3.40. The molecule has 0 bridgehead atoms. The fourth-order valence-corrected chi connectivity index (χ4v) is 2.40. The van der Waals surface area contributed by atoms with Crippen LogP contribution >= 0.6 is 11.6 Å². The monoisotopic (exact) mass is 278 g/mol. The number of rotatable bonds is 5. The number of alkyl halides is 1. The third kappa shape index (κ3) is 3.29. The molecular formula is C15H19ClN2O. The summed E-state index contributed by atoms with van der Waals surface area (Å²) >= 11 is 5.86. The summed E-state index contributed by atoms with van der Waals surface area (Å²) in [6, 6.07) is 6.18. The Morgan fingerprint density at radius 2 is 1.95 bits per heavy atom. The maximum atomic E-state index is 5.91. The lowest BCUT2D eigenvalue weighted by Crippen LogP contribution is -2.07. The summed E-state index contributed by atoms with van der Waals surface area (Å²) in [6.07, 6.45) is 2.66. The van der Waals surface area contributed by atoms with Gasteiger partial charge in [-0.1, -0.05) is 12.1 Å². The van der Waals surface area contributed by atoms with Crippen LogP contribution in [0.1, 0.15) is 22.4 Å². The van der Waals surface area contributed by atoms with Crippen LogP contribution in [0.25, 0.3) is 0 Å². The van der Waals surface area contributed by atoms with Crippen molar-refractivity contribution in [1.29, 1.82) is 0 Å². The van der Waals surface area contributed by atoms with Crippen molar-refractivity contribution in [3.8, 4) is 5.75 Å². The fraction of sp³-hybridized carbons (Fsp3) is 0.400. The molecule has 0 aliphatic rings. The first kappa shape index (κ1) is 13.9. The summed E-state index contributed by atoms with van der Waals surface area (Å²) in [4.78, 5) is 0. The van der Waals surface area contributed by atoms with Crippen molar-refractivity contribution in [3.63, 3.8) is 0 Å². The average Bonchev–Trinajstić information content (AvgIpc) is 2.78. The fourth-order valence-electron chi connectivity index (χ4n) is 2.25. The number of aromatic nitrogens is 2. The second kappa shape index (κ2) is 6.11. The van der Waals surface area contributed by atoms with E-state index in [2.05, 4.69) is 31.1 Å². The standard InChI is InChI=1S/C15H19ClN2O/c1-11-8-13(10-16)9-12(2)15(11)19-7-5-14-4-6-17-18(14)3/h4,6,8-9H,5,7,10H2,1-3H3. The maximum absolute atomic E-state index is 5.91. The van der Waals surface area contributed by atoms with Crippen LogP contribution in [-0.4, -0.2) is 16.4 Å². The molecule has 0 radical (unpaired) electrons. The van der Waals surface area contributed by atoms with Crippen molar-refractivity contribution < 1.29 is 4.74 Å². The summed E-state index contributed by atoms with van der Waals surface area (Å²) in [5.41, 5.74) is 4.59. The topological polar surface area (TPSA) is 27.1 Å². The molecule has 0 atom stereocenters. The minimum absolute atomic E-state index is 0.539. The van der Waals surface area contributed by atoms with Crippen molar-refractivity contribution in [2.75, 3.05) is 6.61 Å². The average molecular weight is 279 g/mol. The molecule has 0 fully saturated rings. The Morgan fingerprint density at radius 1 is 1.26 bits per heavy atom. The molecule has 0 spiro atoms. The largest absolute Gasteiger partial charge is 0.493 e. The number of ether oxygens (including phenoxy) is 1. The molecule has 19 heavy (non-hydrogen) atoms. The van der Waals surface area contributed by atoms with Crippen LogP contribution in [-0.2, 0) is 19.3 Å². The normalized spacial score (nSPS) is 10.7. The van der Waals surface area contributed by atoms with E-state index in [1.807, 2.05) is 17.8 Å². The van der Waals surface area contributed by atoms with Gasteiger partial charge in [-0.05, 0) is 36.6 Å². The van der Waals surface area contributed by atoms with E-state index in [1.54, 1.807) is 6.20 Å². The first-order valence-corrected chi connectivity index (χ1v) is 6.91. The van der Waals surface area contributed by atoms with Crippen LogP contribution in [0, 0.1) is 13.8 Å². The predicted molar refractivity (Wildman–Crippen MR) is 77.9 cm³/mol. The van der Waals surface area contributed by atoms with Crippen LogP contribution in [0.5, 0.6) is 5.75 Å². The SMILES string of the molecule is Cc1cc(CCl)cc(C)c1OCCc1ccnn1C. The van der Waals surface area contributed by atoms with E-state index in [4.69, 9.17) is 16.3 Å². The summed E-state index contributed by atoms with van der Waals surface area (Å²) < 4.78 is 7.79. The van der Waals surface area contributed by atoms with Gasteiger partial charge in [0.1, 0.15) is 5.75 Å². The van der Waals surface area contributed by atoms with E-state index >= 15 is 0 Å². The molecule has 4 heteroatoms. The zero-order chi connectivity index (χ0) is 13.8. The molecular weight excluding hydrogens is 260 g/mol. The second-order valence-electron chi connectivity index (χ2n) is 4.74. The van der Waals surface area contributed by atoms with E-state index < -0.39 is 0 Å². The molecule has 0 saturated heterocycles. The maximum Gasteiger partial charge on any atom is 0.125 e. The molecule has 2 rings (SSSR count). The van der Waals surface area contributed by atoms with Gasteiger partial charge in [0.15, 0.2) is 0 Å². The van der Waals surface area contributed by atoms with Crippen LogP contribution in [0.15, 0.2) is 24.4 Å². The van der Waals surface area contributed by atoms with Gasteiger partial charge in [-0.25, -0.2) is 0 Å². The number of aryl methyl sites for hydroxylation is 3. The van der Waals surface area contributed by atoms with Crippen LogP contribution < -0.4 is 4.74 Å². The lowest BCUT2D eigenvalue weighted by atomic mass is 10.1. The van der Waals surface area contributed by atoms with Crippen LogP contribution in [0.2, 0.25) is 0 Å². The molecule has 0 amide bonds. The Balaban J connectivity index is 2.02. The van der Waals surface area contributed by atoms with E-state index in [-0.39, 0.29) is 0 Å². The third-order valence-corrected chi connectivity index (χ3v) is 3.51. The number of benzene rings is 1. The number of nitrogens with zero attached hydrogens (tertiary/aromatic N) is 2. The molecule has 0 N–H and O–H groups in total. The van der Waals surface area contributed by atoms with Gasteiger partial charge in [0.2, 0.25) is 0 Å². The van der Waals surface area contributed by atoms with E-state index in [1.165, 1.54) is 5.69 Å². The highest BCUT2D eigenvalue weighted by molar-refractivity contribution is 6.17. The minimum atomic E-state index is 0.539. The van der Waals surface area contributed by atoms with Gasteiger partial charge in [0.05, 0.1) is 6.61 Å². The minimum Gasteiger partial charge on any atom is -0.493 e. The van der Waals surface area contributed by atoms with Crippen molar-refractivity contribution in [2.45, 2.75) is 26.1 Å². The van der Waals surface area contributed by atoms with Crippen molar-refractivity contribution in [1.82, 2.24) is 9.78 Å². The summed E-state index contributed by atoms with van der Waals surface area (Å²) in [5, 5.41) is 4.15. The van der Waals surface area contributed by atoms with Crippen molar-refractivity contribution >= 4 is 11.6 Å². The molecule has 3 nitrogen and oxygen atoms in total. The van der Waals surface area contributed by atoms with Gasteiger partial charge < -0.3 is 4.74 Å². The van der Waals surface area contributed by atoms with E-state index in [0.717, 1.165) is 28.9 Å². The molecule has 2 aromatic rings. The second-order valence-corrected chi connectivity index (χ2v) is 5.00. The van der Waals surface area contributed by atoms with Gasteiger partial charge in [-0.2, -0.15) is 5.10 Å². The van der Waals surface area contributed by atoms with Gasteiger partial charge >= 0.3 is 0 Å². The molecule has 0 aliphatic heterocycles. The molecule has 0 aliphatic carbocycles. The lowest BCUT2D eigenvalue weighted by molar-refractivity contribution is 0.314. The molecule has 0 unspecified atom stereocenters. The Bertz CT molecular complexity index is 540. The summed E-state index contributed by atoms with van der Waals surface area (Å²) in [6.45, 7) is 4.77. The Kier molecular flexibility index (Phi) is 4.48. The smallest absolute Gasteiger partial charge is 0.125 e. The highest BCUT2D eigenvalue weighted by atomic mass is 35.5. The molecule has 1 aromatic carbocycles. The first-order chi connectivity index (χ1) is 9.11. The van der Waals surface area contributed by atoms with Crippen molar-refractivity contribution in [3.05, 3.63) is 46.8 Å². The van der Waals surface area contributed by atoms with Crippen molar-refractivity contribution in [2.24, 2.45) is 7.05 Å². The zero-order valence-corrected chi connectivity index (χ0v) is 12.4. The highest BCUT2D eigenvalue weighted by Gasteiger charge is 2.07. The molecule has 0 saturated carbocycles. The van der Waals surface area contributed by atoms with Crippen LogP contribution in [0.4, 0.5) is 0 Å². The van der Waals surface area contributed by atoms with Crippen LogP contribution in [0.3, 0.4) is 0 Å². The zero-order valence-electron chi connectivity index (χ0n) is 11.6. The van der Waals surface area contributed by atoms with Gasteiger partial charge in [0, 0.05) is 31.2 Å². The van der Waals surface area contributed by atoms with Gasteiger partial charge in [-0.3, -0.25) is 4.68 Å². The first-order valence-electron chi connectivity index (χ1n) is 6.37. The lowest BCUT2D eigenvalue weighted by Gasteiger charge is -2.13. The Morgan fingerprint density at radius 3 is 2.47 bits per heavy atom. The summed E-state index contributed by atoms with van der Waals surface area (Å²) in [7, 11) is 1.95. The Labute approximate surface area is 119 Å². The van der Waals surface area contributed by atoms with E-state index in [9.17, 15) is 0 Å². The molecule has 1 aromatic heterocycles. The number of halogens is 1. The molecule has 102 valence electrons. The van der Waals surface area contributed by atoms with Gasteiger partial charge in [0.25, 0.3) is 0 Å². The van der Waals surface area contributed by atoms with E-state index in [0.29, 0.717) is 12.5 Å². The quantitative estimate of drug-likeness (QED) is 0.784. The third-order valence-electron chi connectivity index (χ3n) is 3.20. The molecule has 1 heterocycles. The number of hydrogen-bond donors (Lipinski definition) is 0. The Hall–Kier alpha value is -1.48. The number of hydrogen-bond acceptors (Lipinski definition) is 2. The highest BCUT2D eigenvalue weighted by Crippen LogP contribution is 2.25. The summed E-state index contributed by atoms with van der Waals surface area (Å²) in [5.74, 6) is 1.51.